The number of carbonyl (C=O) groups is 2. The summed E-state index contributed by atoms with van der Waals surface area (Å²) < 4.78 is 11.6. The van der Waals surface area contributed by atoms with Gasteiger partial charge in [0.1, 0.15) is 16.7 Å². The van der Waals surface area contributed by atoms with E-state index in [9.17, 15) is 14.4 Å². The van der Waals surface area contributed by atoms with Crippen LogP contribution in [-0.4, -0.2) is 23.7 Å². The van der Waals surface area contributed by atoms with Crippen LogP contribution in [0.2, 0.25) is 0 Å². The minimum Gasteiger partial charge on any atom is -0.497 e. The van der Waals surface area contributed by atoms with Gasteiger partial charge >= 0.3 is 23.3 Å². The van der Waals surface area contributed by atoms with Gasteiger partial charge in [-0.1, -0.05) is 47.1 Å². The molecule has 8 heteroatoms. The smallest absolute Gasteiger partial charge is 0.369 e. The molecule has 1 amide bonds. The molecule has 33 heavy (non-hydrogen) atoms. The Morgan fingerprint density at radius 2 is 1.61 bits per heavy atom. The largest absolute Gasteiger partial charge is 0.497 e. The topological polar surface area (TPSA) is 101 Å². The highest BCUT2D eigenvalue weighted by Crippen LogP contribution is 2.21. The molecule has 0 saturated heterocycles. The summed E-state index contributed by atoms with van der Waals surface area (Å²) in [6.45, 7) is 1.22. The maximum atomic E-state index is 13.4. The lowest BCUT2D eigenvalue weighted by Gasteiger charge is -2.16. The number of carbonyl (C=O) groups excluding carboxylic acids is 2. The third-order valence-corrected chi connectivity index (χ3v) is 5.05. The molecule has 0 saturated carbocycles. The number of methoxy groups -OCH3 is 1. The van der Waals surface area contributed by atoms with Gasteiger partial charge in [0.2, 0.25) is 6.10 Å². The van der Waals surface area contributed by atoms with E-state index in [2.05, 4.69) is 10.4 Å². The highest BCUT2D eigenvalue weighted by atomic mass is 16.5. The lowest BCUT2D eigenvalue weighted by atomic mass is 10.1. The van der Waals surface area contributed by atoms with Gasteiger partial charge < -0.3 is 9.47 Å². The number of nitrogens with one attached hydrogen (secondary N) is 2. The Hall–Kier alpha value is -4.46. The van der Waals surface area contributed by atoms with Crippen LogP contribution < -0.4 is 20.7 Å². The molecular weight excluding hydrogens is 422 g/mol. The molecule has 8 nitrogen and oxygen atoms in total. The second-order valence-corrected chi connectivity index (χ2v) is 7.26. The molecule has 1 unspecified atom stereocenters. The summed E-state index contributed by atoms with van der Waals surface area (Å²) in [6, 6.07) is 22.6. The van der Waals surface area contributed by atoms with E-state index in [1.54, 1.807) is 79.9 Å². The average molecular weight is 444 g/mol. The van der Waals surface area contributed by atoms with Crippen molar-refractivity contribution in [3.8, 4) is 17.1 Å². The van der Waals surface area contributed by atoms with E-state index in [-0.39, 0.29) is 0 Å². The lowest BCUT2D eigenvalue weighted by Crippen LogP contribution is -2.41. The standard InChI is InChI=1S/C25H21N3O5/c1-16(29)33-22(17-8-4-3-5-9-17)24(30)27-28-23(18-12-14-19(32-2)15-13-18)26-21-11-7-6-10-20(21)25(28)31/h3-15,22H,1-2H3,(H,27,30)/p+1. The number of ether oxygens (including phenoxy) is 2. The van der Waals surface area contributed by atoms with Gasteiger partial charge in [0.25, 0.3) is 0 Å². The second kappa shape index (κ2) is 9.35. The first kappa shape index (κ1) is 21.8. The van der Waals surface area contributed by atoms with Crippen LogP contribution in [0.1, 0.15) is 18.6 Å². The first-order valence-corrected chi connectivity index (χ1v) is 10.2. The molecular formula is C25H22N3O5+. The van der Waals surface area contributed by atoms with E-state index in [1.165, 1.54) is 6.92 Å². The molecule has 0 aliphatic heterocycles. The SMILES string of the molecule is COc1ccc(-c2[nH+]c3ccccc3c(=O)n2NC(=O)C(OC(C)=O)c2ccccc2)cc1. The Morgan fingerprint density at radius 3 is 2.27 bits per heavy atom. The molecule has 0 aliphatic rings. The highest BCUT2D eigenvalue weighted by Gasteiger charge is 2.29. The summed E-state index contributed by atoms with van der Waals surface area (Å²) >= 11 is 0. The predicted octanol–water partition coefficient (Wildman–Crippen LogP) is 2.87. The van der Waals surface area contributed by atoms with Crippen LogP contribution in [-0.2, 0) is 14.3 Å². The first-order valence-electron chi connectivity index (χ1n) is 10.2. The second-order valence-electron chi connectivity index (χ2n) is 7.26. The minimum absolute atomic E-state index is 0.351. The Kier molecular flexibility index (Phi) is 6.17. The zero-order chi connectivity index (χ0) is 23.4. The van der Waals surface area contributed by atoms with E-state index in [0.717, 1.165) is 4.68 Å². The number of nitrogens with zero attached hydrogens (tertiary/aromatic N) is 1. The zero-order valence-electron chi connectivity index (χ0n) is 18.1. The minimum atomic E-state index is -1.23. The van der Waals surface area contributed by atoms with Crippen molar-refractivity contribution < 1.29 is 24.0 Å². The van der Waals surface area contributed by atoms with Crippen LogP contribution in [0.5, 0.6) is 5.75 Å². The summed E-state index contributed by atoms with van der Waals surface area (Å²) in [6.07, 6.45) is -1.23. The number of fused-ring (bicyclic) bond motifs is 1. The Morgan fingerprint density at radius 1 is 0.939 bits per heavy atom. The average Bonchev–Trinajstić information content (AvgIpc) is 2.84. The number of hydrogen-bond donors (Lipinski definition) is 1. The van der Waals surface area contributed by atoms with Crippen LogP contribution in [0.4, 0.5) is 0 Å². The van der Waals surface area contributed by atoms with Crippen molar-refractivity contribution in [1.29, 1.82) is 0 Å². The van der Waals surface area contributed by atoms with Crippen LogP contribution in [0.25, 0.3) is 22.3 Å². The maximum absolute atomic E-state index is 13.4. The van der Waals surface area contributed by atoms with Gasteiger partial charge in [-0.25, -0.2) is 9.78 Å². The van der Waals surface area contributed by atoms with E-state index >= 15 is 0 Å². The molecule has 0 spiro atoms. The van der Waals surface area contributed by atoms with Crippen molar-refractivity contribution in [3.05, 3.63) is 94.8 Å². The number of aromatic nitrogens is 2. The number of aromatic amines is 1. The molecule has 1 atom stereocenters. The third-order valence-electron chi connectivity index (χ3n) is 5.05. The molecule has 3 aromatic carbocycles. The normalized spacial score (nSPS) is 11.6. The number of hydrogen-bond acceptors (Lipinski definition) is 5. The molecule has 0 radical (unpaired) electrons. The number of esters is 1. The van der Waals surface area contributed by atoms with Gasteiger partial charge in [-0.05, 0) is 36.4 Å². The number of amides is 1. The van der Waals surface area contributed by atoms with Gasteiger partial charge in [0.05, 0.1) is 12.7 Å². The molecule has 0 fully saturated rings. The molecule has 4 rings (SSSR count). The van der Waals surface area contributed by atoms with Gasteiger partial charge in [-0.15, -0.1) is 0 Å². The highest BCUT2D eigenvalue weighted by molar-refractivity contribution is 5.91. The van der Waals surface area contributed by atoms with E-state index < -0.39 is 23.5 Å². The van der Waals surface area contributed by atoms with Gasteiger partial charge in [0.15, 0.2) is 0 Å². The van der Waals surface area contributed by atoms with Crippen LogP contribution in [0.15, 0.2) is 83.7 Å². The molecule has 1 heterocycles. The van der Waals surface area contributed by atoms with Crippen molar-refractivity contribution in [2.45, 2.75) is 13.0 Å². The summed E-state index contributed by atoms with van der Waals surface area (Å²) in [5.74, 6) is -0.287. The van der Waals surface area contributed by atoms with Crippen molar-refractivity contribution >= 4 is 22.8 Å². The number of H-pyrrole nitrogens is 1. The third kappa shape index (κ3) is 4.59. The Labute approximate surface area is 189 Å². The van der Waals surface area contributed by atoms with Gasteiger partial charge in [0, 0.05) is 12.5 Å². The van der Waals surface area contributed by atoms with Crippen LogP contribution in [0, 0.1) is 0 Å². The molecule has 2 N–H and O–H groups in total. The van der Waals surface area contributed by atoms with Crippen molar-refractivity contribution in [2.75, 3.05) is 12.5 Å². The fourth-order valence-electron chi connectivity index (χ4n) is 3.48. The summed E-state index contributed by atoms with van der Waals surface area (Å²) in [5, 5.41) is 0.388. The van der Waals surface area contributed by atoms with E-state index in [0.29, 0.717) is 33.6 Å². The quantitative estimate of drug-likeness (QED) is 0.461. The van der Waals surface area contributed by atoms with Gasteiger partial charge in [-0.3, -0.25) is 9.59 Å². The molecule has 0 aliphatic carbocycles. The van der Waals surface area contributed by atoms with E-state index in [4.69, 9.17) is 9.47 Å². The number of rotatable bonds is 6. The lowest BCUT2D eigenvalue weighted by molar-refractivity contribution is -0.337. The monoisotopic (exact) mass is 444 g/mol. The molecule has 4 aromatic rings. The Balaban J connectivity index is 1.82. The predicted molar refractivity (Wildman–Crippen MR) is 122 cm³/mol. The fraction of sp³-hybridized carbons (Fsp3) is 0.120. The summed E-state index contributed by atoms with van der Waals surface area (Å²) in [4.78, 5) is 41.5. The molecule has 0 bridgehead atoms. The Bertz CT molecular complexity index is 1360. The zero-order valence-corrected chi connectivity index (χ0v) is 18.1. The van der Waals surface area contributed by atoms with Crippen molar-refractivity contribution in [3.63, 3.8) is 0 Å². The summed E-state index contributed by atoms with van der Waals surface area (Å²) in [7, 11) is 1.56. The van der Waals surface area contributed by atoms with Gasteiger partial charge in [-0.2, -0.15) is 5.43 Å². The summed E-state index contributed by atoms with van der Waals surface area (Å²) in [5.41, 5.74) is 3.93. The molecule has 1 aromatic heterocycles. The number of benzene rings is 3. The van der Waals surface area contributed by atoms with E-state index in [1.807, 2.05) is 6.07 Å². The van der Waals surface area contributed by atoms with Crippen LogP contribution in [0.3, 0.4) is 0 Å². The first-order chi connectivity index (χ1) is 16.0. The maximum Gasteiger partial charge on any atom is 0.369 e. The number of para-hydroxylation sites is 1. The fourth-order valence-corrected chi connectivity index (χ4v) is 3.48. The van der Waals surface area contributed by atoms with Crippen molar-refractivity contribution in [2.24, 2.45) is 0 Å². The van der Waals surface area contributed by atoms with Crippen molar-refractivity contribution in [1.82, 2.24) is 4.68 Å². The molecule has 166 valence electrons. The van der Waals surface area contributed by atoms with Crippen LogP contribution >= 0.6 is 0 Å².